The minimum atomic E-state index is -0.871. The molecule has 0 aliphatic carbocycles. The van der Waals surface area contributed by atoms with Crippen LogP contribution in [0.15, 0.2) is 48.5 Å². The van der Waals surface area contributed by atoms with Gasteiger partial charge in [-0.3, -0.25) is 4.79 Å². The molecule has 138 valence electrons. The maximum Gasteiger partial charge on any atom is 0.253 e. The molecule has 1 saturated heterocycles. The first-order chi connectivity index (χ1) is 12.2. The van der Waals surface area contributed by atoms with Gasteiger partial charge in [-0.1, -0.05) is 51.1 Å². The smallest absolute Gasteiger partial charge is 0.253 e. The molecule has 0 bridgehead atoms. The van der Waals surface area contributed by atoms with Crippen molar-refractivity contribution in [2.75, 3.05) is 13.1 Å². The number of piperidine rings is 1. The van der Waals surface area contributed by atoms with E-state index in [1.165, 1.54) is 0 Å². The summed E-state index contributed by atoms with van der Waals surface area (Å²) in [6.45, 7) is 7.05. The summed E-state index contributed by atoms with van der Waals surface area (Å²) in [6.07, 6.45) is 1.04. The zero-order valence-electron chi connectivity index (χ0n) is 15.7. The predicted octanol–water partition coefficient (Wildman–Crippen LogP) is 3.81. The van der Waals surface area contributed by atoms with E-state index in [4.69, 9.17) is 0 Å². The second-order valence-corrected chi connectivity index (χ2v) is 8.17. The molecule has 3 rings (SSSR count). The minimum absolute atomic E-state index is 0.0504. The lowest BCUT2D eigenvalue weighted by atomic mass is 9.83. The van der Waals surface area contributed by atoms with Gasteiger partial charge in [0.2, 0.25) is 0 Å². The summed E-state index contributed by atoms with van der Waals surface area (Å²) in [5.74, 6) is 0.164. The number of aromatic hydroxyl groups is 1. The number of carbonyl (C=O) groups is 1. The van der Waals surface area contributed by atoms with E-state index in [1.807, 2.05) is 51.1 Å². The quantitative estimate of drug-likeness (QED) is 0.863. The van der Waals surface area contributed by atoms with Crippen LogP contribution < -0.4 is 0 Å². The average molecular weight is 353 g/mol. The first-order valence-corrected chi connectivity index (χ1v) is 9.11. The molecule has 26 heavy (non-hydrogen) atoms. The molecular weight excluding hydrogens is 326 g/mol. The van der Waals surface area contributed by atoms with Gasteiger partial charge in [0.25, 0.3) is 5.91 Å². The summed E-state index contributed by atoms with van der Waals surface area (Å²) in [7, 11) is 0. The molecule has 0 spiro atoms. The number of hydrogen-bond acceptors (Lipinski definition) is 3. The fourth-order valence-corrected chi connectivity index (χ4v) is 3.57. The number of phenols is 1. The van der Waals surface area contributed by atoms with Gasteiger partial charge in [0.05, 0.1) is 5.60 Å². The number of hydrogen-bond donors (Lipinski definition) is 2. The molecule has 1 aliphatic rings. The van der Waals surface area contributed by atoms with E-state index in [0.717, 1.165) is 11.1 Å². The first kappa shape index (κ1) is 18.5. The van der Waals surface area contributed by atoms with Crippen LogP contribution in [0.1, 0.15) is 55.1 Å². The molecule has 2 aromatic rings. The molecule has 4 heteroatoms. The maximum absolute atomic E-state index is 12.9. The van der Waals surface area contributed by atoms with Crippen LogP contribution in [0.2, 0.25) is 0 Å². The average Bonchev–Trinajstić information content (AvgIpc) is 2.62. The number of likely N-dealkylation sites (tertiary alicyclic amines) is 1. The van der Waals surface area contributed by atoms with Crippen LogP contribution in [0.4, 0.5) is 0 Å². The van der Waals surface area contributed by atoms with Crippen molar-refractivity contribution in [3.63, 3.8) is 0 Å². The van der Waals surface area contributed by atoms with E-state index in [2.05, 4.69) is 0 Å². The van der Waals surface area contributed by atoms with Gasteiger partial charge in [-0.05, 0) is 42.0 Å². The molecule has 2 N–H and O–H groups in total. The number of aliphatic hydroxyl groups is 1. The molecule has 1 fully saturated rings. The second-order valence-electron chi connectivity index (χ2n) is 8.17. The number of phenolic OH excluding ortho intramolecular Hbond substituents is 1. The van der Waals surface area contributed by atoms with Crippen molar-refractivity contribution in [2.24, 2.45) is 0 Å². The van der Waals surface area contributed by atoms with Gasteiger partial charge in [0, 0.05) is 24.2 Å². The molecule has 1 heterocycles. The second kappa shape index (κ2) is 6.76. The van der Waals surface area contributed by atoms with Crippen LogP contribution >= 0.6 is 0 Å². The van der Waals surface area contributed by atoms with E-state index < -0.39 is 5.60 Å². The fourth-order valence-electron chi connectivity index (χ4n) is 3.57. The summed E-state index contributed by atoms with van der Waals surface area (Å²) in [5.41, 5.74) is 1.14. The summed E-state index contributed by atoms with van der Waals surface area (Å²) in [6, 6.07) is 14.7. The summed E-state index contributed by atoms with van der Waals surface area (Å²) in [4.78, 5) is 14.7. The zero-order chi connectivity index (χ0) is 18.9. The summed E-state index contributed by atoms with van der Waals surface area (Å²) in [5, 5.41) is 21.0. The Hall–Kier alpha value is -2.33. The first-order valence-electron chi connectivity index (χ1n) is 9.11. The van der Waals surface area contributed by atoms with Crippen molar-refractivity contribution in [1.82, 2.24) is 4.90 Å². The Kier molecular flexibility index (Phi) is 4.80. The van der Waals surface area contributed by atoms with Crippen LogP contribution in [-0.4, -0.2) is 34.1 Å². The van der Waals surface area contributed by atoms with Crippen LogP contribution in [0.3, 0.4) is 0 Å². The highest BCUT2D eigenvalue weighted by Crippen LogP contribution is 2.34. The highest BCUT2D eigenvalue weighted by Gasteiger charge is 2.35. The fraction of sp³-hybridized carbons (Fsp3) is 0.409. The Labute approximate surface area is 155 Å². The minimum Gasteiger partial charge on any atom is -0.508 e. The summed E-state index contributed by atoms with van der Waals surface area (Å²) < 4.78 is 0. The summed E-state index contributed by atoms with van der Waals surface area (Å²) >= 11 is 0. The molecule has 2 aromatic carbocycles. The largest absolute Gasteiger partial charge is 0.508 e. The third-order valence-electron chi connectivity index (χ3n) is 5.24. The van der Waals surface area contributed by atoms with Gasteiger partial charge in [-0.2, -0.15) is 0 Å². The van der Waals surface area contributed by atoms with E-state index in [1.54, 1.807) is 23.1 Å². The number of benzene rings is 2. The van der Waals surface area contributed by atoms with Gasteiger partial charge in [-0.15, -0.1) is 0 Å². The Morgan fingerprint density at radius 2 is 1.65 bits per heavy atom. The van der Waals surface area contributed by atoms with E-state index in [0.29, 0.717) is 31.5 Å². The van der Waals surface area contributed by atoms with E-state index in [-0.39, 0.29) is 17.1 Å². The standard InChI is InChI=1S/C22H27NO3/c1-21(2,3)18-15-16(9-10-19(18)24)20(25)23-13-11-22(26,12-14-23)17-7-5-4-6-8-17/h4-10,15,24,26H,11-14H2,1-3H3. The molecule has 1 aliphatic heterocycles. The molecular formula is C22H27NO3. The Balaban J connectivity index is 1.75. The number of carbonyl (C=O) groups excluding carboxylic acids is 1. The molecule has 4 nitrogen and oxygen atoms in total. The van der Waals surface area contributed by atoms with Gasteiger partial charge in [-0.25, -0.2) is 0 Å². The van der Waals surface area contributed by atoms with Crippen molar-refractivity contribution in [3.05, 3.63) is 65.2 Å². The van der Waals surface area contributed by atoms with Crippen LogP contribution in [0, 0.1) is 0 Å². The van der Waals surface area contributed by atoms with E-state index >= 15 is 0 Å². The van der Waals surface area contributed by atoms with E-state index in [9.17, 15) is 15.0 Å². The Morgan fingerprint density at radius 1 is 1.04 bits per heavy atom. The highest BCUT2D eigenvalue weighted by atomic mass is 16.3. The van der Waals surface area contributed by atoms with Crippen molar-refractivity contribution in [2.45, 2.75) is 44.6 Å². The molecule has 1 amide bonds. The lowest BCUT2D eigenvalue weighted by molar-refractivity contribution is -0.0211. The molecule has 0 aromatic heterocycles. The molecule has 0 atom stereocenters. The van der Waals surface area contributed by atoms with Gasteiger partial charge in [0.15, 0.2) is 0 Å². The number of nitrogens with zero attached hydrogens (tertiary/aromatic N) is 1. The molecule has 0 saturated carbocycles. The van der Waals surface area contributed by atoms with Crippen LogP contribution in [-0.2, 0) is 11.0 Å². The Bertz CT molecular complexity index is 785. The molecule has 0 radical (unpaired) electrons. The predicted molar refractivity (Wildman–Crippen MR) is 102 cm³/mol. The maximum atomic E-state index is 12.9. The van der Waals surface area contributed by atoms with Gasteiger partial charge in [0.1, 0.15) is 5.75 Å². The van der Waals surface area contributed by atoms with Crippen LogP contribution in [0.25, 0.3) is 0 Å². The lowest BCUT2D eigenvalue weighted by Crippen LogP contribution is -2.45. The van der Waals surface area contributed by atoms with Gasteiger partial charge >= 0.3 is 0 Å². The van der Waals surface area contributed by atoms with Crippen molar-refractivity contribution in [3.8, 4) is 5.75 Å². The lowest BCUT2D eigenvalue weighted by Gasteiger charge is -2.38. The third kappa shape index (κ3) is 3.61. The van der Waals surface area contributed by atoms with Crippen LogP contribution in [0.5, 0.6) is 5.75 Å². The number of rotatable bonds is 2. The van der Waals surface area contributed by atoms with Crippen molar-refractivity contribution < 1.29 is 15.0 Å². The highest BCUT2D eigenvalue weighted by molar-refractivity contribution is 5.94. The van der Waals surface area contributed by atoms with Crippen molar-refractivity contribution >= 4 is 5.91 Å². The normalized spacial score (nSPS) is 17.2. The third-order valence-corrected chi connectivity index (χ3v) is 5.24. The molecule has 0 unspecified atom stereocenters. The Morgan fingerprint density at radius 3 is 2.23 bits per heavy atom. The van der Waals surface area contributed by atoms with Gasteiger partial charge < -0.3 is 15.1 Å². The monoisotopic (exact) mass is 353 g/mol. The van der Waals surface area contributed by atoms with Crippen molar-refractivity contribution in [1.29, 1.82) is 0 Å². The topological polar surface area (TPSA) is 60.8 Å². The SMILES string of the molecule is CC(C)(C)c1cc(C(=O)N2CCC(O)(c3ccccc3)CC2)ccc1O. The zero-order valence-corrected chi connectivity index (χ0v) is 15.7. The number of amides is 1.